The second-order valence-corrected chi connectivity index (χ2v) is 9.85. The summed E-state index contributed by atoms with van der Waals surface area (Å²) in [6, 6.07) is 45.9. The maximum atomic E-state index is 2.33. The van der Waals surface area contributed by atoms with E-state index in [0.717, 1.165) is 29.9 Å². The second kappa shape index (κ2) is 10.8. The third-order valence-electron chi connectivity index (χ3n) is 7.20. The molecule has 6 rings (SSSR count). The first-order valence-electron chi connectivity index (χ1n) is 13.3. The van der Waals surface area contributed by atoms with Crippen LogP contribution in [-0.4, -0.2) is 0 Å². The Morgan fingerprint density at radius 2 is 0.895 bits per heavy atom. The largest absolute Gasteiger partial charge is 0.311 e. The van der Waals surface area contributed by atoms with Gasteiger partial charge in [0.25, 0.3) is 0 Å². The lowest BCUT2D eigenvalue weighted by Gasteiger charge is -2.26. The maximum Gasteiger partial charge on any atom is 0.0462 e. The monoisotopic (exact) mass is 489 g/mol. The van der Waals surface area contributed by atoms with Crippen LogP contribution in [0.2, 0.25) is 0 Å². The Labute approximate surface area is 226 Å². The van der Waals surface area contributed by atoms with E-state index in [9.17, 15) is 0 Å². The highest BCUT2D eigenvalue weighted by Crippen LogP contribution is 2.36. The summed E-state index contributed by atoms with van der Waals surface area (Å²) in [6.07, 6.45) is 9.09. The predicted molar refractivity (Wildman–Crippen MR) is 163 cm³/mol. The quantitative estimate of drug-likeness (QED) is 0.229. The molecule has 1 heteroatoms. The zero-order valence-electron chi connectivity index (χ0n) is 21.7. The van der Waals surface area contributed by atoms with E-state index in [1.54, 1.807) is 0 Å². The van der Waals surface area contributed by atoms with E-state index in [2.05, 4.69) is 157 Å². The highest BCUT2D eigenvalue weighted by Gasteiger charge is 2.13. The third-order valence-corrected chi connectivity index (χ3v) is 7.20. The van der Waals surface area contributed by atoms with Gasteiger partial charge in [-0.2, -0.15) is 0 Å². The number of para-hydroxylation sites is 1. The first kappa shape index (κ1) is 23.8. The Bertz CT molecular complexity index is 1560. The average molecular weight is 490 g/mol. The number of hydrogen-bond acceptors (Lipinski definition) is 1. The van der Waals surface area contributed by atoms with Crippen molar-refractivity contribution in [3.8, 4) is 22.3 Å². The molecule has 1 aliphatic carbocycles. The SMILES string of the molecule is Cc1ccc(-c2ccc(N(c3ccccc3)c3ccc(-c4ccc(C5=CCCC=C5)cc4)cc3)cc2)cc1. The van der Waals surface area contributed by atoms with Crippen LogP contribution in [0.4, 0.5) is 17.1 Å². The lowest BCUT2D eigenvalue weighted by atomic mass is 9.97. The van der Waals surface area contributed by atoms with Crippen LogP contribution in [-0.2, 0) is 0 Å². The highest BCUT2D eigenvalue weighted by atomic mass is 15.1. The van der Waals surface area contributed by atoms with Crippen molar-refractivity contribution < 1.29 is 0 Å². The van der Waals surface area contributed by atoms with Crippen molar-refractivity contribution >= 4 is 22.6 Å². The molecule has 38 heavy (non-hydrogen) atoms. The predicted octanol–water partition coefficient (Wildman–Crippen LogP) is 10.5. The Hall–Kier alpha value is -4.62. The van der Waals surface area contributed by atoms with Gasteiger partial charge < -0.3 is 4.90 Å². The summed E-state index contributed by atoms with van der Waals surface area (Å²) in [6.45, 7) is 2.12. The molecule has 0 atom stereocenters. The van der Waals surface area contributed by atoms with E-state index in [1.807, 2.05) is 0 Å². The molecular formula is C37H31N. The number of anilines is 3. The fourth-order valence-electron chi connectivity index (χ4n) is 5.06. The average Bonchev–Trinajstić information content (AvgIpc) is 3.00. The van der Waals surface area contributed by atoms with Crippen LogP contribution in [0.15, 0.2) is 146 Å². The normalized spacial score (nSPS) is 12.7. The summed E-state index contributed by atoms with van der Waals surface area (Å²) in [5.41, 5.74) is 12.2. The van der Waals surface area contributed by atoms with Gasteiger partial charge in [0.2, 0.25) is 0 Å². The van der Waals surface area contributed by atoms with Crippen molar-refractivity contribution in [1.82, 2.24) is 0 Å². The zero-order chi connectivity index (χ0) is 25.7. The molecule has 0 fully saturated rings. The molecular weight excluding hydrogens is 458 g/mol. The lowest BCUT2D eigenvalue weighted by molar-refractivity contribution is 1.04. The molecule has 0 N–H and O–H groups in total. The van der Waals surface area contributed by atoms with Gasteiger partial charge in [0.1, 0.15) is 0 Å². The number of aryl methyl sites for hydroxylation is 1. The van der Waals surface area contributed by atoms with Crippen molar-refractivity contribution in [2.24, 2.45) is 0 Å². The first-order valence-corrected chi connectivity index (χ1v) is 13.3. The molecule has 0 saturated carbocycles. The molecule has 0 amide bonds. The molecule has 0 spiro atoms. The molecule has 0 aromatic heterocycles. The van der Waals surface area contributed by atoms with Gasteiger partial charge in [-0.1, -0.05) is 115 Å². The summed E-state index contributed by atoms with van der Waals surface area (Å²) >= 11 is 0. The maximum absolute atomic E-state index is 2.33. The molecule has 1 aliphatic rings. The summed E-state index contributed by atoms with van der Waals surface area (Å²) in [4.78, 5) is 2.31. The molecule has 0 heterocycles. The fraction of sp³-hybridized carbons (Fsp3) is 0.0811. The van der Waals surface area contributed by atoms with E-state index in [-0.39, 0.29) is 0 Å². The van der Waals surface area contributed by atoms with Gasteiger partial charge in [0.15, 0.2) is 0 Å². The van der Waals surface area contributed by atoms with E-state index in [1.165, 1.54) is 39.0 Å². The van der Waals surface area contributed by atoms with Gasteiger partial charge in [0, 0.05) is 17.1 Å². The van der Waals surface area contributed by atoms with Gasteiger partial charge in [-0.05, 0) is 89.6 Å². The van der Waals surface area contributed by atoms with Gasteiger partial charge in [-0.15, -0.1) is 0 Å². The summed E-state index contributed by atoms with van der Waals surface area (Å²) in [5.74, 6) is 0. The molecule has 5 aromatic carbocycles. The Morgan fingerprint density at radius 1 is 0.447 bits per heavy atom. The minimum Gasteiger partial charge on any atom is -0.311 e. The van der Waals surface area contributed by atoms with Crippen molar-refractivity contribution in [3.05, 3.63) is 157 Å². The van der Waals surface area contributed by atoms with Gasteiger partial charge >= 0.3 is 0 Å². The Morgan fingerprint density at radius 3 is 1.39 bits per heavy atom. The van der Waals surface area contributed by atoms with Gasteiger partial charge in [-0.3, -0.25) is 0 Å². The van der Waals surface area contributed by atoms with E-state index in [0.29, 0.717) is 0 Å². The number of benzene rings is 5. The van der Waals surface area contributed by atoms with E-state index in [4.69, 9.17) is 0 Å². The zero-order valence-corrected chi connectivity index (χ0v) is 21.7. The molecule has 0 unspecified atom stereocenters. The molecule has 5 aromatic rings. The Kier molecular flexibility index (Phi) is 6.74. The smallest absolute Gasteiger partial charge is 0.0462 e. The molecule has 0 radical (unpaired) electrons. The third kappa shape index (κ3) is 5.10. The van der Waals surface area contributed by atoms with Crippen LogP contribution in [0.3, 0.4) is 0 Å². The standard InChI is InChI=1S/C37H31N/c1-28-12-14-30(15-13-28)33-20-24-36(25-21-33)38(35-10-6-3-7-11-35)37-26-22-34(23-27-37)32-18-16-31(17-19-32)29-8-4-2-5-9-29/h3-4,6-27H,2,5H2,1H3. The molecule has 184 valence electrons. The van der Waals surface area contributed by atoms with Crippen molar-refractivity contribution in [1.29, 1.82) is 0 Å². The first-order chi connectivity index (χ1) is 18.7. The molecule has 0 bridgehead atoms. The summed E-state index contributed by atoms with van der Waals surface area (Å²) in [5, 5.41) is 0. The van der Waals surface area contributed by atoms with Crippen LogP contribution >= 0.6 is 0 Å². The van der Waals surface area contributed by atoms with Crippen LogP contribution in [0, 0.1) is 6.92 Å². The van der Waals surface area contributed by atoms with Crippen molar-refractivity contribution in [2.75, 3.05) is 4.90 Å². The van der Waals surface area contributed by atoms with E-state index < -0.39 is 0 Å². The molecule has 1 nitrogen and oxygen atoms in total. The van der Waals surface area contributed by atoms with Crippen molar-refractivity contribution in [3.63, 3.8) is 0 Å². The number of nitrogens with zero attached hydrogens (tertiary/aromatic N) is 1. The van der Waals surface area contributed by atoms with Gasteiger partial charge in [-0.25, -0.2) is 0 Å². The minimum atomic E-state index is 1.13. The topological polar surface area (TPSA) is 3.24 Å². The number of rotatable bonds is 6. The van der Waals surface area contributed by atoms with Gasteiger partial charge in [0.05, 0.1) is 0 Å². The minimum absolute atomic E-state index is 1.13. The summed E-state index contributed by atoms with van der Waals surface area (Å²) < 4.78 is 0. The number of allylic oxidation sites excluding steroid dienone is 4. The number of hydrogen-bond donors (Lipinski definition) is 0. The Balaban J connectivity index is 1.29. The van der Waals surface area contributed by atoms with Crippen molar-refractivity contribution in [2.45, 2.75) is 19.8 Å². The highest BCUT2D eigenvalue weighted by molar-refractivity contribution is 5.80. The summed E-state index contributed by atoms with van der Waals surface area (Å²) in [7, 11) is 0. The van der Waals surface area contributed by atoms with Crippen LogP contribution in [0.25, 0.3) is 27.8 Å². The van der Waals surface area contributed by atoms with Crippen LogP contribution in [0.5, 0.6) is 0 Å². The fourth-order valence-corrected chi connectivity index (χ4v) is 5.06. The lowest BCUT2D eigenvalue weighted by Crippen LogP contribution is -2.09. The van der Waals surface area contributed by atoms with E-state index >= 15 is 0 Å². The second-order valence-electron chi connectivity index (χ2n) is 9.85. The molecule has 0 saturated heterocycles. The van der Waals surface area contributed by atoms with Crippen LogP contribution < -0.4 is 4.90 Å². The molecule has 0 aliphatic heterocycles. The van der Waals surface area contributed by atoms with Crippen LogP contribution in [0.1, 0.15) is 24.0 Å².